The molecule has 1 atom stereocenters. The molecule has 100 valence electrons. The number of carbonyl (C=O) groups is 1. The third-order valence-electron chi connectivity index (χ3n) is 3.04. The Morgan fingerprint density at radius 3 is 2.47 bits per heavy atom. The van der Waals surface area contributed by atoms with Gasteiger partial charge >= 0.3 is 5.97 Å². The molecular formula is C14H17N3O2. The largest absolute Gasteiger partial charge is 0.480 e. The molecule has 0 spiro atoms. The number of aromatic amines is 1. The maximum atomic E-state index is 11.1. The molecule has 5 heteroatoms. The zero-order valence-corrected chi connectivity index (χ0v) is 11.2. The lowest BCUT2D eigenvalue weighted by Crippen LogP contribution is -2.26. The number of imidazole rings is 1. The fraction of sp³-hybridized carbons (Fsp3) is 0.286. The van der Waals surface area contributed by atoms with Gasteiger partial charge in [0.05, 0.1) is 5.69 Å². The quantitative estimate of drug-likeness (QED) is 0.785. The van der Waals surface area contributed by atoms with Crippen LogP contribution in [0.2, 0.25) is 0 Å². The highest BCUT2D eigenvalue weighted by Gasteiger charge is 2.22. The monoisotopic (exact) mass is 259 g/mol. The molecule has 5 nitrogen and oxygen atoms in total. The summed E-state index contributed by atoms with van der Waals surface area (Å²) in [4.78, 5) is 18.5. The number of nitrogens with one attached hydrogen (secondary N) is 2. The predicted octanol–water partition coefficient (Wildman–Crippen LogP) is 2.04. The van der Waals surface area contributed by atoms with Crippen LogP contribution in [0.5, 0.6) is 0 Å². The van der Waals surface area contributed by atoms with E-state index in [2.05, 4.69) is 15.3 Å². The Bertz CT molecular complexity index is 587. The van der Waals surface area contributed by atoms with Gasteiger partial charge in [-0.15, -0.1) is 0 Å². The Morgan fingerprint density at radius 2 is 1.95 bits per heavy atom. The average Bonchev–Trinajstić information content (AvgIpc) is 2.72. The minimum Gasteiger partial charge on any atom is -0.480 e. The molecule has 0 radical (unpaired) electrons. The van der Waals surface area contributed by atoms with Crippen LogP contribution in [0.3, 0.4) is 0 Å². The standard InChI is InChI=1S/C14H17N3O2/c1-8-4-6-10(7-5-8)11-9(2)16-13(17-11)12(15-3)14(18)19/h4-7,12,15H,1-3H3,(H,16,17)(H,18,19). The van der Waals surface area contributed by atoms with Crippen molar-refractivity contribution < 1.29 is 9.90 Å². The van der Waals surface area contributed by atoms with E-state index in [-0.39, 0.29) is 0 Å². The summed E-state index contributed by atoms with van der Waals surface area (Å²) in [7, 11) is 1.60. The van der Waals surface area contributed by atoms with Gasteiger partial charge in [-0.2, -0.15) is 0 Å². The Balaban J connectivity index is 2.41. The number of carboxylic acid groups (broad SMARTS) is 1. The van der Waals surface area contributed by atoms with Crippen molar-refractivity contribution in [2.75, 3.05) is 7.05 Å². The first-order valence-corrected chi connectivity index (χ1v) is 6.06. The van der Waals surface area contributed by atoms with Gasteiger partial charge < -0.3 is 15.4 Å². The number of rotatable bonds is 4. The maximum Gasteiger partial charge on any atom is 0.328 e. The fourth-order valence-electron chi connectivity index (χ4n) is 1.99. The van der Waals surface area contributed by atoms with Crippen molar-refractivity contribution >= 4 is 5.97 Å². The molecule has 0 saturated heterocycles. The van der Waals surface area contributed by atoms with Crippen LogP contribution in [-0.2, 0) is 4.79 Å². The molecule has 1 unspecified atom stereocenters. The van der Waals surface area contributed by atoms with Crippen LogP contribution in [0.25, 0.3) is 11.3 Å². The van der Waals surface area contributed by atoms with Gasteiger partial charge in [0.1, 0.15) is 5.82 Å². The van der Waals surface area contributed by atoms with Crippen molar-refractivity contribution in [3.05, 3.63) is 41.3 Å². The van der Waals surface area contributed by atoms with E-state index in [0.717, 1.165) is 17.0 Å². The molecule has 0 fully saturated rings. The summed E-state index contributed by atoms with van der Waals surface area (Å²) >= 11 is 0. The van der Waals surface area contributed by atoms with E-state index in [0.29, 0.717) is 5.82 Å². The minimum atomic E-state index is -0.952. The van der Waals surface area contributed by atoms with Crippen molar-refractivity contribution in [2.24, 2.45) is 0 Å². The number of aromatic nitrogens is 2. The fourth-order valence-corrected chi connectivity index (χ4v) is 1.99. The van der Waals surface area contributed by atoms with E-state index >= 15 is 0 Å². The molecule has 19 heavy (non-hydrogen) atoms. The molecule has 0 bridgehead atoms. The van der Waals surface area contributed by atoms with Gasteiger partial charge in [0.2, 0.25) is 0 Å². The summed E-state index contributed by atoms with van der Waals surface area (Å²) in [5.41, 5.74) is 3.80. The maximum absolute atomic E-state index is 11.1. The lowest BCUT2D eigenvalue weighted by atomic mass is 10.1. The number of carboxylic acids is 1. The third kappa shape index (κ3) is 2.66. The summed E-state index contributed by atoms with van der Waals surface area (Å²) in [5, 5.41) is 11.8. The molecule has 0 amide bonds. The van der Waals surface area contributed by atoms with E-state index in [9.17, 15) is 4.79 Å². The predicted molar refractivity (Wildman–Crippen MR) is 72.9 cm³/mol. The lowest BCUT2D eigenvalue weighted by Gasteiger charge is -2.06. The second-order valence-corrected chi connectivity index (χ2v) is 4.52. The molecular weight excluding hydrogens is 242 g/mol. The highest BCUT2D eigenvalue weighted by atomic mass is 16.4. The number of H-pyrrole nitrogens is 1. The Morgan fingerprint density at radius 1 is 1.32 bits per heavy atom. The molecule has 0 saturated carbocycles. The third-order valence-corrected chi connectivity index (χ3v) is 3.04. The van der Waals surface area contributed by atoms with Crippen LogP contribution >= 0.6 is 0 Å². The summed E-state index contributed by atoms with van der Waals surface area (Å²) in [6, 6.07) is 7.17. The van der Waals surface area contributed by atoms with E-state index in [1.165, 1.54) is 5.56 Å². The Labute approximate surface area is 111 Å². The number of aryl methyl sites for hydroxylation is 2. The molecule has 0 aliphatic carbocycles. The van der Waals surface area contributed by atoms with Crippen molar-refractivity contribution in [1.29, 1.82) is 0 Å². The number of nitrogens with zero attached hydrogens (tertiary/aromatic N) is 1. The van der Waals surface area contributed by atoms with Crippen molar-refractivity contribution in [2.45, 2.75) is 19.9 Å². The number of aliphatic carboxylic acids is 1. The van der Waals surface area contributed by atoms with Crippen molar-refractivity contribution in [3.8, 4) is 11.3 Å². The van der Waals surface area contributed by atoms with Crippen LogP contribution in [0, 0.1) is 13.8 Å². The van der Waals surface area contributed by atoms with Crippen LogP contribution in [0.4, 0.5) is 0 Å². The Kier molecular flexibility index (Phi) is 3.66. The minimum absolute atomic E-state index is 0.420. The van der Waals surface area contributed by atoms with Crippen molar-refractivity contribution in [3.63, 3.8) is 0 Å². The van der Waals surface area contributed by atoms with E-state index in [1.54, 1.807) is 7.05 Å². The van der Waals surface area contributed by atoms with Gasteiger partial charge in [0.15, 0.2) is 6.04 Å². The van der Waals surface area contributed by atoms with E-state index < -0.39 is 12.0 Å². The smallest absolute Gasteiger partial charge is 0.328 e. The first-order chi connectivity index (χ1) is 9.02. The highest BCUT2D eigenvalue weighted by molar-refractivity contribution is 5.75. The second-order valence-electron chi connectivity index (χ2n) is 4.52. The average molecular weight is 259 g/mol. The Hall–Kier alpha value is -2.14. The molecule has 2 rings (SSSR count). The number of hydrogen-bond acceptors (Lipinski definition) is 3. The first-order valence-electron chi connectivity index (χ1n) is 6.06. The number of hydrogen-bond donors (Lipinski definition) is 3. The SMILES string of the molecule is CNC(C(=O)O)c1nc(-c2ccc(C)cc2)c(C)[nH]1. The van der Waals surface area contributed by atoms with Gasteiger partial charge in [0.25, 0.3) is 0 Å². The van der Waals surface area contributed by atoms with Gasteiger partial charge in [-0.25, -0.2) is 4.98 Å². The van der Waals surface area contributed by atoms with Crippen LogP contribution in [0.1, 0.15) is 23.1 Å². The van der Waals surface area contributed by atoms with Gasteiger partial charge in [0, 0.05) is 11.3 Å². The van der Waals surface area contributed by atoms with Crippen LogP contribution in [0.15, 0.2) is 24.3 Å². The lowest BCUT2D eigenvalue weighted by molar-refractivity contribution is -0.139. The molecule has 3 N–H and O–H groups in total. The van der Waals surface area contributed by atoms with Crippen molar-refractivity contribution in [1.82, 2.24) is 15.3 Å². The van der Waals surface area contributed by atoms with Gasteiger partial charge in [-0.1, -0.05) is 29.8 Å². The molecule has 2 aromatic rings. The number of benzene rings is 1. The summed E-state index contributed by atoms with van der Waals surface area (Å²) in [6.45, 7) is 3.91. The highest BCUT2D eigenvalue weighted by Crippen LogP contribution is 2.23. The first kappa shape index (κ1) is 13.3. The normalized spacial score (nSPS) is 12.4. The zero-order valence-electron chi connectivity index (χ0n) is 11.2. The van der Waals surface area contributed by atoms with Gasteiger partial charge in [-0.05, 0) is 20.9 Å². The summed E-state index contributed by atoms with van der Waals surface area (Å²) < 4.78 is 0. The topological polar surface area (TPSA) is 78.0 Å². The molecule has 1 heterocycles. The molecule has 1 aromatic carbocycles. The number of likely N-dealkylation sites (N-methyl/N-ethyl adjacent to an activating group) is 1. The summed E-state index contributed by atoms with van der Waals surface area (Å²) in [5.74, 6) is -0.533. The van der Waals surface area contributed by atoms with Crippen LogP contribution in [-0.4, -0.2) is 28.1 Å². The van der Waals surface area contributed by atoms with E-state index in [4.69, 9.17) is 5.11 Å². The van der Waals surface area contributed by atoms with E-state index in [1.807, 2.05) is 38.1 Å². The zero-order chi connectivity index (χ0) is 14.0. The van der Waals surface area contributed by atoms with Crippen LogP contribution < -0.4 is 5.32 Å². The molecule has 1 aromatic heterocycles. The summed E-state index contributed by atoms with van der Waals surface area (Å²) in [6.07, 6.45) is 0. The van der Waals surface area contributed by atoms with Gasteiger partial charge in [-0.3, -0.25) is 4.79 Å². The molecule has 0 aliphatic heterocycles. The second kappa shape index (κ2) is 5.24. The molecule has 0 aliphatic rings.